The summed E-state index contributed by atoms with van der Waals surface area (Å²) in [6.07, 6.45) is 0.832. The maximum atomic E-state index is 12.8. The molecular formula is C25H31Cl2N3O7S2. The Morgan fingerprint density at radius 3 is 2.26 bits per heavy atom. The van der Waals surface area contributed by atoms with Gasteiger partial charge in [-0.15, -0.1) is 0 Å². The molecule has 0 spiro atoms. The van der Waals surface area contributed by atoms with Gasteiger partial charge < -0.3 is 14.8 Å². The third-order valence-corrected chi connectivity index (χ3v) is 11.0. The first-order chi connectivity index (χ1) is 18.6. The molecule has 0 unspecified atom stereocenters. The van der Waals surface area contributed by atoms with Crippen LogP contribution in [0.5, 0.6) is 5.75 Å². The number of carbonyl (C=O) groups is 1. The van der Waals surface area contributed by atoms with Gasteiger partial charge in [0.15, 0.2) is 0 Å². The maximum Gasteiger partial charge on any atom is 0.243 e. The summed E-state index contributed by atoms with van der Waals surface area (Å²) in [7, 11) is -7.15. The van der Waals surface area contributed by atoms with E-state index in [1.54, 1.807) is 24.3 Å². The van der Waals surface area contributed by atoms with Crippen LogP contribution in [0.1, 0.15) is 18.4 Å². The van der Waals surface area contributed by atoms with Gasteiger partial charge in [0.2, 0.25) is 26.0 Å². The highest BCUT2D eigenvalue weighted by Crippen LogP contribution is 2.26. The van der Waals surface area contributed by atoms with Crippen molar-refractivity contribution in [3.8, 4) is 5.75 Å². The van der Waals surface area contributed by atoms with Crippen LogP contribution in [-0.4, -0.2) is 83.9 Å². The average molecular weight is 621 g/mol. The van der Waals surface area contributed by atoms with Crippen molar-refractivity contribution in [3.05, 3.63) is 58.1 Å². The fourth-order valence-corrected chi connectivity index (χ4v) is 8.01. The van der Waals surface area contributed by atoms with Gasteiger partial charge in [0.25, 0.3) is 0 Å². The van der Waals surface area contributed by atoms with Crippen LogP contribution in [0.2, 0.25) is 10.0 Å². The SMILES string of the molecule is O=C(NCCOc1ccc(S(=O)(=O)N2CCOCC2)cc1)C1CCN(S(=O)(=O)Cc2ccc(Cl)cc2Cl)CC1. The lowest BCUT2D eigenvalue weighted by Crippen LogP contribution is -2.44. The molecule has 1 N–H and O–H groups in total. The minimum atomic E-state index is -3.58. The molecule has 0 saturated carbocycles. The number of hydrogen-bond donors (Lipinski definition) is 1. The van der Waals surface area contributed by atoms with Gasteiger partial charge in [-0.2, -0.15) is 4.31 Å². The number of amides is 1. The van der Waals surface area contributed by atoms with E-state index in [-0.39, 0.29) is 48.7 Å². The van der Waals surface area contributed by atoms with Gasteiger partial charge in [-0.25, -0.2) is 21.1 Å². The van der Waals surface area contributed by atoms with Crippen molar-refractivity contribution in [1.29, 1.82) is 0 Å². The number of morpholine rings is 1. The van der Waals surface area contributed by atoms with Crippen molar-refractivity contribution in [3.63, 3.8) is 0 Å². The second-order valence-corrected chi connectivity index (χ2v) is 14.0. The molecule has 0 aliphatic carbocycles. The van der Waals surface area contributed by atoms with Crippen LogP contribution in [0.3, 0.4) is 0 Å². The van der Waals surface area contributed by atoms with Crippen LogP contribution in [0, 0.1) is 5.92 Å². The molecule has 2 fully saturated rings. The van der Waals surface area contributed by atoms with Gasteiger partial charge in [0.05, 0.1) is 30.4 Å². The number of sulfonamides is 2. The van der Waals surface area contributed by atoms with E-state index in [1.807, 2.05) is 0 Å². The summed E-state index contributed by atoms with van der Waals surface area (Å²) in [5, 5.41) is 3.57. The number of piperidine rings is 1. The second-order valence-electron chi connectivity index (χ2n) is 9.29. The molecule has 0 bridgehead atoms. The van der Waals surface area contributed by atoms with Crippen LogP contribution >= 0.6 is 23.2 Å². The van der Waals surface area contributed by atoms with Crippen LogP contribution in [0.15, 0.2) is 47.4 Å². The second kappa shape index (κ2) is 13.2. The lowest BCUT2D eigenvalue weighted by molar-refractivity contribution is -0.126. The molecule has 2 aliphatic heterocycles. The molecule has 1 amide bonds. The quantitative estimate of drug-likeness (QED) is 0.406. The Kier molecular flexibility index (Phi) is 10.1. The van der Waals surface area contributed by atoms with E-state index in [2.05, 4.69) is 5.32 Å². The summed E-state index contributed by atoms with van der Waals surface area (Å²) < 4.78 is 64.8. The zero-order valence-corrected chi connectivity index (χ0v) is 24.4. The predicted molar refractivity (Wildman–Crippen MR) is 148 cm³/mol. The Morgan fingerprint density at radius 1 is 0.949 bits per heavy atom. The van der Waals surface area contributed by atoms with Crippen molar-refractivity contribution in [2.75, 3.05) is 52.5 Å². The molecule has 4 rings (SSSR count). The lowest BCUT2D eigenvalue weighted by Gasteiger charge is -2.30. The van der Waals surface area contributed by atoms with Gasteiger partial charge in [0, 0.05) is 42.1 Å². The van der Waals surface area contributed by atoms with E-state index < -0.39 is 20.0 Å². The Balaban J connectivity index is 1.18. The average Bonchev–Trinajstić information content (AvgIpc) is 2.93. The zero-order valence-electron chi connectivity index (χ0n) is 21.2. The van der Waals surface area contributed by atoms with Crippen LogP contribution < -0.4 is 10.1 Å². The van der Waals surface area contributed by atoms with Gasteiger partial charge in [-0.1, -0.05) is 29.3 Å². The number of rotatable bonds is 10. The number of nitrogens with one attached hydrogen (secondary N) is 1. The van der Waals surface area contributed by atoms with E-state index in [0.717, 1.165) is 0 Å². The molecule has 0 atom stereocenters. The molecule has 2 heterocycles. The molecule has 2 saturated heterocycles. The van der Waals surface area contributed by atoms with E-state index in [0.29, 0.717) is 60.5 Å². The molecule has 2 aromatic rings. The standard InChI is InChI=1S/C25H31Cl2N3O7S2/c26-21-2-1-20(24(27)17-21)18-38(32,33)29-10-7-19(8-11-29)25(31)28-9-14-37-22-3-5-23(6-4-22)39(34,35)30-12-15-36-16-13-30/h1-6,17,19H,7-16,18H2,(H,28,31). The number of halogens is 2. The molecule has 2 aliphatic rings. The first-order valence-electron chi connectivity index (χ1n) is 12.6. The molecule has 14 heteroatoms. The van der Waals surface area contributed by atoms with Crippen LogP contribution in [-0.2, 0) is 35.3 Å². The Bertz CT molecular complexity index is 1360. The molecule has 2 aromatic carbocycles. The largest absolute Gasteiger partial charge is 0.492 e. The summed E-state index contributed by atoms with van der Waals surface area (Å²) in [5.74, 6) is -0.176. The normalized spacial score (nSPS) is 18.1. The molecular weight excluding hydrogens is 589 g/mol. The van der Waals surface area contributed by atoms with Crippen molar-refractivity contribution in [2.24, 2.45) is 5.92 Å². The third-order valence-electron chi connectivity index (χ3n) is 6.67. The Hall–Kier alpha value is -1.93. The van der Waals surface area contributed by atoms with Crippen LogP contribution in [0.25, 0.3) is 0 Å². The lowest BCUT2D eigenvalue weighted by atomic mass is 9.97. The van der Waals surface area contributed by atoms with Gasteiger partial charge in [-0.05, 0) is 54.8 Å². The highest BCUT2D eigenvalue weighted by atomic mass is 35.5. The minimum absolute atomic E-state index is 0.150. The fourth-order valence-electron chi connectivity index (χ4n) is 4.45. The van der Waals surface area contributed by atoms with Crippen molar-refractivity contribution < 1.29 is 31.1 Å². The van der Waals surface area contributed by atoms with Crippen molar-refractivity contribution >= 4 is 49.2 Å². The number of nitrogens with zero attached hydrogens (tertiary/aromatic N) is 2. The number of carbonyl (C=O) groups excluding carboxylic acids is 1. The first kappa shape index (κ1) is 30.0. The smallest absolute Gasteiger partial charge is 0.243 e. The van der Waals surface area contributed by atoms with E-state index >= 15 is 0 Å². The topological polar surface area (TPSA) is 122 Å². The predicted octanol–water partition coefficient (Wildman–Crippen LogP) is 2.75. The third kappa shape index (κ3) is 7.84. The number of hydrogen-bond acceptors (Lipinski definition) is 7. The maximum absolute atomic E-state index is 12.8. The minimum Gasteiger partial charge on any atom is -0.492 e. The summed E-state index contributed by atoms with van der Waals surface area (Å²) >= 11 is 12.0. The molecule has 0 radical (unpaired) electrons. The summed E-state index contributed by atoms with van der Waals surface area (Å²) in [6, 6.07) is 10.9. The molecule has 39 heavy (non-hydrogen) atoms. The van der Waals surface area contributed by atoms with E-state index in [9.17, 15) is 21.6 Å². The highest BCUT2D eigenvalue weighted by Gasteiger charge is 2.31. The van der Waals surface area contributed by atoms with Crippen LogP contribution in [0.4, 0.5) is 0 Å². The summed E-state index contributed by atoms with van der Waals surface area (Å²) in [4.78, 5) is 12.8. The zero-order chi connectivity index (χ0) is 28.0. The Morgan fingerprint density at radius 2 is 1.62 bits per heavy atom. The molecule has 10 nitrogen and oxygen atoms in total. The summed E-state index contributed by atoms with van der Waals surface area (Å²) in [5.41, 5.74) is 0.481. The Labute approximate surface area is 239 Å². The van der Waals surface area contributed by atoms with Gasteiger partial charge in [-0.3, -0.25) is 4.79 Å². The number of benzene rings is 2. The van der Waals surface area contributed by atoms with Gasteiger partial charge in [0.1, 0.15) is 12.4 Å². The molecule has 0 aromatic heterocycles. The highest BCUT2D eigenvalue weighted by molar-refractivity contribution is 7.89. The summed E-state index contributed by atoms with van der Waals surface area (Å²) in [6.45, 7) is 2.38. The van der Waals surface area contributed by atoms with E-state index in [4.69, 9.17) is 32.7 Å². The molecule has 214 valence electrons. The first-order valence-corrected chi connectivity index (χ1v) is 16.4. The fraction of sp³-hybridized carbons (Fsp3) is 0.480. The van der Waals surface area contributed by atoms with E-state index in [1.165, 1.54) is 26.8 Å². The van der Waals surface area contributed by atoms with Gasteiger partial charge >= 0.3 is 0 Å². The monoisotopic (exact) mass is 619 g/mol. The van der Waals surface area contributed by atoms with Crippen molar-refractivity contribution in [1.82, 2.24) is 13.9 Å². The van der Waals surface area contributed by atoms with Crippen molar-refractivity contribution in [2.45, 2.75) is 23.5 Å². The number of ether oxygens (including phenoxy) is 2.